The van der Waals surface area contributed by atoms with E-state index in [0.29, 0.717) is 0 Å². The fourth-order valence-electron chi connectivity index (χ4n) is 2.55. The molecule has 1 N–H and O–H groups in total. The highest BCUT2D eigenvalue weighted by Gasteiger charge is 2.12. The number of nitrogens with one attached hydrogen (secondary N) is 1. The summed E-state index contributed by atoms with van der Waals surface area (Å²) in [6.07, 6.45) is 3.33. The average Bonchev–Trinajstić information content (AvgIpc) is 3.05. The molecule has 1 atom stereocenters. The maximum Gasteiger partial charge on any atom is 0.137 e. The van der Waals surface area contributed by atoms with Crippen LogP contribution in [0.5, 0.6) is 0 Å². The molecule has 0 unspecified atom stereocenters. The van der Waals surface area contributed by atoms with Gasteiger partial charge in [0, 0.05) is 6.54 Å². The normalized spacial score (nSPS) is 12.2. The van der Waals surface area contributed by atoms with Gasteiger partial charge in [-0.05, 0) is 18.1 Å². The van der Waals surface area contributed by atoms with Crippen molar-refractivity contribution in [3.8, 4) is 0 Å². The Morgan fingerprint density at radius 2 is 1.95 bits per heavy atom. The molecule has 0 aliphatic heterocycles. The molecule has 4 heteroatoms. The summed E-state index contributed by atoms with van der Waals surface area (Å²) in [6.45, 7) is 3.71. The SMILES string of the molecule is Cc1cccc(CN[C@@H](Cn2cncn2)c2ccccc2)c1. The van der Waals surface area contributed by atoms with Gasteiger partial charge in [-0.3, -0.25) is 4.68 Å². The molecule has 1 heterocycles. The summed E-state index contributed by atoms with van der Waals surface area (Å²) in [5.41, 5.74) is 3.83. The van der Waals surface area contributed by atoms with Gasteiger partial charge in [0.1, 0.15) is 12.7 Å². The summed E-state index contributed by atoms with van der Waals surface area (Å²) < 4.78 is 1.86. The van der Waals surface area contributed by atoms with E-state index in [9.17, 15) is 0 Å². The van der Waals surface area contributed by atoms with E-state index in [1.807, 2.05) is 10.7 Å². The highest BCUT2D eigenvalue weighted by atomic mass is 15.3. The first-order valence-corrected chi connectivity index (χ1v) is 7.47. The molecule has 0 bridgehead atoms. The Kier molecular flexibility index (Phi) is 4.61. The van der Waals surface area contributed by atoms with Crippen LogP contribution in [0.4, 0.5) is 0 Å². The largest absolute Gasteiger partial charge is 0.304 e. The number of aromatic nitrogens is 3. The van der Waals surface area contributed by atoms with Gasteiger partial charge < -0.3 is 5.32 Å². The van der Waals surface area contributed by atoms with E-state index in [4.69, 9.17) is 0 Å². The van der Waals surface area contributed by atoms with Gasteiger partial charge in [-0.25, -0.2) is 4.98 Å². The molecule has 0 aliphatic rings. The third-order valence-corrected chi connectivity index (χ3v) is 3.67. The van der Waals surface area contributed by atoms with E-state index >= 15 is 0 Å². The third kappa shape index (κ3) is 3.80. The molecule has 0 saturated heterocycles. The predicted molar refractivity (Wildman–Crippen MR) is 87.2 cm³/mol. The van der Waals surface area contributed by atoms with Crippen molar-refractivity contribution in [2.24, 2.45) is 0 Å². The van der Waals surface area contributed by atoms with Gasteiger partial charge >= 0.3 is 0 Å². The van der Waals surface area contributed by atoms with Crippen LogP contribution in [-0.4, -0.2) is 14.8 Å². The molecule has 0 amide bonds. The number of hydrogen-bond donors (Lipinski definition) is 1. The van der Waals surface area contributed by atoms with Crippen LogP contribution in [0.25, 0.3) is 0 Å². The molecule has 0 saturated carbocycles. The summed E-state index contributed by atoms with van der Waals surface area (Å²) in [5, 5.41) is 7.85. The lowest BCUT2D eigenvalue weighted by Crippen LogP contribution is -2.25. The van der Waals surface area contributed by atoms with Crippen molar-refractivity contribution < 1.29 is 0 Å². The van der Waals surface area contributed by atoms with Gasteiger partial charge in [-0.2, -0.15) is 5.10 Å². The molecule has 3 aromatic rings. The zero-order valence-electron chi connectivity index (χ0n) is 12.7. The van der Waals surface area contributed by atoms with Crippen molar-refractivity contribution in [1.29, 1.82) is 0 Å². The Hall–Kier alpha value is -2.46. The minimum Gasteiger partial charge on any atom is -0.304 e. The Bertz CT molecular complexity index is 692. The monoisotopic (exact) mass is 292 g/mol. The lowest BCUT2D eigenvalue weighted by molar-refractivity contribution is 0.436. The smallest absolute Gasteiger partial charge is 0.137 e. The van der Waals surface area contributed by atoms with E-state index in [0.717, 1.165) is 13.1 Å². The lowest BCUT2D eigenvalue weighted by Gasteiger charge is -2.19. The second-order valence-corrected chi connectivity index (χ2v) is 5.45. The van der Waals surface area contributed by atoms with Crippen LogP contribution in [0, 0.1) is 6.92 Å². The topological polar surface area (TPSA) is 42.7 Å². The molecule has 112 valence electrons. The number of aryl methyl sites for hydroxylation is 1. The predicted octanol–water partition coefficient (Wildman–Crippen LogP) is 3.12. The minimum atomic E-state index is 0.198. The van der Waals surface area contributed by atoms with Crippen LogP contribution in [0.15, 0.2) is 67.3 Å². The molecular weight excluding hydrogens is 272 g/mol. The molecule has 4 nitrogen and oxygen atoms in total. The van der Waals surface area contributed by atoms with Crippen molar-refractivity contribution in [3.63, 3.8) is 0 Å². The molecule has 22 heavy (non-hydrogen) atoms. The number of nitrogens with zero attached hydrogens (tertiary/aromatic N) is 3. The second kappa shape index (κ2) is 7.00. The average molecular weight is 292 g/mol. The van der Waals surface area contributed by atoms with E-state index in [2.05, 4.69) is 70.9 Å². The van der Waals surface area contributed by atoms with Crippen molar-refractivity contribution in [2.75, 3.05) is 0 Å². The van der Waals surface area contributed by atoms with Gasteiger partial charge in [0.2, 0.25) is 0 Å². The lowest BCUT2D eigenvalue weighted by atomic mass is 10.1. The molecule has 0 fully saturated rings. The van der Waals surface area contributed by atoms with E-state index < -0.39 is 0 Å². The Morgan fingerprint density at radius 1 is 1.09 bits per heavy atom. The molecule has 0 radical (unpaired) electrons. The zero-order valence-corrected chi connectivity index (χ0v) is 12.7. The van der Waals surface area contributed by atoms with Crippen molar-refractivity contribution in [1.82, 2.24) is 20.1 Å². The van der Waals surface area contributed by atoms with Gasteiger partial charge in [0.25, 0.3) is 0 Å². The van der Waals surface area contributed by atoms with Crippen LogP contribution in [-0.2, 0) is 13.1 Å². The highest BCUT2D eigenvalue weighted by Crippen LogP contribution is 2.15. The second-order valence-electron chi connectivity index (χ2n) is 5.45. The molecule has 2 aromatic carbocycles. The van der Waals surface area contributed by atoms with Crippen molar-refractivity contribution in [2.45, 2.75) is 26.1 Å². The Morgan fingerprint density at radius 3 is 2.68 bits per heavy atom. The van der Waals surface area contributed by atoms with Gasteiger partial charge in [-0.15, -0.1) is 0 Å². The van der Waals surface area contributed by atoms with E-state index in [1.165, 1.54) is 16.7 Å². The minimum absolute atomic E-state index is 0.198. The van der Waals surface area contributed by atoms with Gasteiger partial charge in [0.15, 0.2) is 0 Å². The first-order chi connectivity index (χ1) is 10.8. The maximum atomic E-state index is 4.22. The highest BCUT2D eigenvalue weighted by molar-refractivity contribution is 5.23. The van der Waals surface area contributed by atoms with Crippen molar-refractivity contribution >= 4 is 0 Å². The van der Waals surface area contributed by atoms with E-state index in [-0.39, 0.29) is 6.04 Å². The van der Waals surface area contributed by atoms with Crippen LogP contribution >= 0.6 is 0 Å². The number of benzene rings is 2. The first kappa shape index (κ1) is 14.5. The molecule has 1 aromatic heterocycles. The summed E-state index contributed by atoms with van der Waals surface area (Å²) in [4.78, 5) is 4.02. The number of rotatable bonds is 6. The first-order valence-electron chi connectivity index (χ1n) is 7.47. The summed E-state index contributed by atoms with van der Waals surface area (Å²) in [6, 6.07) is 19.2. The van der Waals surface area contributed by atoms with Crippen LogP contribution < -0.4 is 5.32 Å². The summed E-state index contributed by atoms with van der Waals surface area (Å²) in [5.74, 6) is 0. The Balaban J connectivity index is 1.73. The van der Waals surface area contributed by atoms with Crippen LogP contribution in [0.2, 0.25) is 0 Å². The molecule has 0 aliphatic carbocycles. The molecular formula is C18H20N4. The molecule has 3 rings (SSSR count). The molecule has 0 spiro atoms. The summed E-state index contributed by atoms with van der Waals surface area (Å²) in [7, 11) is 0. The van der Waals surface area contributed by atoms with Gasteiger partial charge in [-0.1, -0.05) is 60.2 Å². The van der Waals surface area contributed by atoms with Crippen LogP contribution in [0.1, 0.15) is 22.7 Å². The fourth-order valence-corrected chi connectivity index (χ4v) is 2.55. The number of hydrogen-bond acceptors (Lipinski definition) is 3. The van der Waals surface area contributed by atoms with Gasteiger partial charge in [0.05, 0.1) is 12.6 Å². The Labute approximate surface area is 130 Å². The maximum absolute atomic E-state index is 4.22. The fraction of sp³-hybridized carbons (Fsp3) is 0.222. The zero-order chi connectivity index (χ0) is 15.2. The quantitative estimate of drug-likeness (QED) is 0.759. The van der Waals surface area contributed by atoms with Crippen molar-refractivity contribution in [3.05, 3.63) is 83.9 Å². The van der Waals surface area contributed by atoms with E-state index in [1.54, 1.807) is 12.7 Å². The van der Waals surface area contributed by atoms with Crippen LogP contribution in [0.3, 0.4) is 0 Å². The standard InChI is InChI=1S/C18H20N4/c1-15-6-5-7-16(10-15)11-20-18(12-22-14-19-13-21-22)17-8-3-2-4-9-17/h2-10,13-14,18,20H,11-12H2,1H3/t18-/m0/s1. The third-order valence-electron chi connectivity index (χ3n) is 3.67. The summed E-state index contributed by atoms with van der Waals surface area (Å²) >= 11 is 0.